The van der Waals surface area contributed by atoms with E-state index in [1.165, 1.54) is 12.1 Å². The van der Waals surface area contributed by atoms with Crippen molar-refractivity contribution >= 4 is 0 Å². The predicted molar refractivity (Wildman–Crippen MR) is 46.6 cm³/mol. The van der Waals surface area contributed by atoms with Crippen molar-refractivity contribution in [3.05, 3.63) is 35.4 Å². The molecule has 1 aliphatic heterocycles. The molecule has 1 aromatic rings. The molecular formula is C10H11F2N. The Kier molecular flexibility index (Phi) is 2.27. The average Bonchev–Trinajstić information content (AvgIpc) is 2.62. The summed E-state index contributed by atoms with van der Waals surface area (Å²) in [4.78, 5) is 0. The molecule has 0 aromatic heterocycles. The Morgan fingerprint density at radius 3 is 2.69 bits per heavy atom. The summed E-state index contributed by atoms with van der Waals surface area (Å²) in [6, 6.07) is 4.16. The molecule has 1 fully saturated rings. The van der Waals surface area contributed by atoms with Crippen molar-refractivity contribution in [2.45, 2.75) is 12.3 Å². The van der Waals surface area contributed by atoms with Gasteiger partial charge in [-0.2, -0.15) is 0 Å². The lowest BCUT2D eigenvalue weighted by atomic mass is 9.98. The Labute approximate surface area is 75.8 Å². The van der Waals surface area contributed by atoms with Crippen LogP contribution in [0.3, 0.4) is 0 Å². The van der Waals surface area contributed by atoms with Crippen LogP contribution in [0.2, 0.25) is 0 Å². The molecule has 0 unspecified atom stereocenters. The van der Waals surface area contributed by atoms with Crippen molar-refractivity contribution in [1.82, 2.24) is 5.32 Å². The molecule has 2 rings (SSSR count). The van der Waals surface area contributed by atoms with Gasteiger partial charge in [-0.3, -0.25) is 0 Å². The highest BCUT2D eigenvalue weighted by Gasteiger charge is 2.17. The topological polar surface area (TPSA) is 12.0 Å². The summed E-state index contributed by atoms with van der Waals surface area (Å²) in [7, 11) is 0. The molecule has 0 spiro atoms. The van der Waals surface area contributed by atoms with Crippen LogP contribution in [0, 0.1) is 11.6 Å². The maximum Gasteiger partial charge on any atom is 0.159 e. The summed E-state index contributed by atoms with van der Waals surface area (Å²) >= 11 is 0. The molecule has 1 nitrogen and oxygen atoms in total. The van der Waals surface area contributed by atoms with Crippen molar-refractivity contribution in [1.29, 1.82) is 0 Å². The minimum Gasteiger partial charge on any atom is -0.316 e. The van der Waals surface area contributed by atoms with Gasteiger partial charge in [-0.05, 0) is 36.6 Å². The predicted octanol–water partition coefficient (Wildman–Crippen LogP) is 2.04. The molecule has 0 aliphatic carbocycles. The fourth-order valence-electron chi connectivity index (χ4n) is 1.71. The van der Waals surface area contributed by atoms with E-state index in [1.807, 2.05) is 0 Å². The van der Waals surface area contributed by atoms with E-state index < -0.39 is 11.6 Å². The maximum atomic E-state index is 12.8. The standard InChI is InChI=1S/C10H11F2N/c11-9-2-1-7(5-10(9)12)8-3-4-13-6-8/h1-2,5,8,13H,3-4,6H2/t8-/m1/s1. The lowest BCUT2D eigenvalue weighted by Crippen LogP contribution is -2.08. The van der Waals surface area contributed by atoms with Gasteiger partial charge in [-0.25, -0.2) is 8.78 Å². The first kappa shape index (κ1) is 8.63. The van der Waals surface area contributed by atoms with Crippen LogP contribution < -0.4 is 5.32 Å². The fourth-order valence-corrected chi connectivity index (χ4v) is 1.71. The van der Waals surface area contributed by atoms with Gasteiger partial charge in [0.2, 0.25) is 0 Å². The van der Waals surface area contributed by atoms with E-state index in [-0.39, 0.29) is 0 Å². The summed E-state index contributed by atoms with van der Waals surface area (Å²) in [5, 5.41) is 3.19. The summed E-state index contributed by atoms with van der Waals surface area (Å²) in [5.74, 6) is -1.17. The van der Waals surface area contributed by atoms with E-state index in [0.29, 0.717) is 5.92 Å². The molecule has 70 valence electrons. The smallest absolute Gasteiger partial charge is 0.159 e. The molecule has 0 amide bonds. The minimum atomic E-state index is -0.769. The van der Waals surface area contributed by atoms with Crippen LogP contribution in [0.15, 0.2) is 18.2 Å². The number of hydrogen-bond acceptors (Lipinski definition) is 1. The Morgan fingerprint density at radius 1 is 1.23 bits per heavy atom. The molecular weight excluding hydrogens is 172 g/mol. The molecule has 0 radical (unpaired) electrons. The zero-order valence-electron chi connectivity index (χ0n) is 7.19. The van der Waals surface area contributed by atoms with Gasteiger partial charge in [0.05, 0.1) is 0 Å². The third-order valence-corrected chi connectivity index (χ3v) is 2.48. The van der Waals surface area contributed by atoms with Crippen molar-refractivity contribution in [3.8, 4) is 0 Å². The fraction of sp³-hybridized carbons (Fsp3) is 0.400. The number of nitrogens with one attached hydrogen (secondary N) is 1. The van der Waals surface area contributed by atoms with E-state index >= 15 is 0 Å². The van der Waals surface area contributed by atoms with E-state index in [4.69, 9.17) is 0 Å². The molecule has 0 bridgehead atoms. The quantitative estimate of drug-likeness (QED) is 0.702. The van der Waals surface area contributed by atoms with E-state index in [9.17, 15) is 8.78 Å². The Bertz CT molecular complexity index is 306. The third kappa shape index (κ3) is 1.70. The van der Waals surface area contributed by atoms with E-state index in [2.05, 4.69) is 5.32 Å². The van der Waals surface area contributed by atoms with Crippen LogP contribution >= 0.6 is 0 Å². The number of hydrogen-bond donors (Lipinski definition) is 1. The zero-order valence-corrected chi connectivity index (χ0v) is 7.19. The monoisotopic (exact) mass is 183 g/mol. The largest absolute Gasteiger partial charge is 0.316 e. The normalized spacial score (nSPS) is 22.2. The second kappa shape index (κ2) is 3.42. The van der Waals surface area contributed by atoms with Gasteiger partial charge in [0.1, 0.15) is 0 Å². The summed E-state index contributed by atoms with van der Waals surface area (Å²) < 4.78 is 25.4. The van der Waals surface area contributed by atoms with Gasteiger partial charge < -0.3 is 5.32 Å². The van der Waals surface area contributed by atoms with Crippen LogP contribution in [0.25, 0.3) is 0 Å². The summed E-state index contributed by atoms with van der Waals surface area (Å²) in [6.45, 7) is 1.83. The second-order valence-corrected chi connectivity index (χ2v) is 3.36. The lowest BCUT2D eigenvalue weighted by Gasteiger charge is -2.08. The van der Waals surface area contributed by atoms with Crippen LogP contribution in [-0.2, 0) is 0 Å². The van der Waals surface area contributed by atoms with Crippen molar-refractivity contribution < 1.29 is 8.78 Å². The van der Waals surface area contributed by atoms with Gasteiger partial charge in [0, 0.05) is 6.54 Å². The molecule has 1 atom stereocenters. The molecule has 1 aromatic carbocycles. The summed E-state index contributed by atoms with van der Waals surface area (Å²) in [6.07, 6.45) is 1.01. The molecule has 0 saturated carbocycles. The average molecular weight is 183 g/mol. The third-order valence-electron chi connectivity index (χ3n) is 2.48. The van der Waals surface area contributed by atoms with Crippen molar-refractivity contribution in [3.63, 3.8) is 0 Å². The highest BCUT2D eigenvalue weighted by atomic mass is 19.2. The van der Waals surface area contributed by atoms with Gasteiger partial charge >= 0.3 is 0 Å². The van der Waals surface area contributed by atoms with Crippen LogP contribution in [-0.4, -0.2) is 13.1 Å². The lowest BCUT2D eigenvalue weighted by molar-refractivity contribution is 0.505. The van der Waals surface area contributed by atoms with Crippen LogP contribution in [0.5, 0.6) is 0 Å². The Morgan fingerprint density at radius 2 is 2.08 bits per heavy atom. The highest BCUT2D eigenvalue weighted by Crippen LogP contribution is 2.23. The number of rotatable bonds is 1. The molecule has 3 heteroatoms. The first-order valence-corrected chi connectivity index (χ1v) is 4.43. The Hall–Kier alpha value is -0.960. The first-order valence-electron chi connectivity index (χ1n) is 4.43. The minimum absolute atomic E-state index is 0.343. The van der Waals surface area contributed by atoms with Gasteiger partial charge in [-0.1, -0.05) is 6.07 Å². The second-order valence-electron chi connectivity index (χ2n) is 3.36. The van der Waals surface area contributed by atoms with Gasteiger partial charge in [-0.15, -0.1) is 0 Å². The van der Waals surface area contributed by atoms with E-state index in [1.54, 1.807) is 6.07 Å². The SMILES string of the molecule is Fc1ccc([C@@H]2CCNC2)cc1F. The molecule has 1 saturated heterocycles. The van der Waals surface area contributed by atoms with Crippen molar-refractivity contribution in [2.75, 3.05) is 13.1 Å². The van der Waals surface area contributed by atoms with Gasteiger partial charge in [0.25, 0.3) is 0 Å². The number of benzene rings is 1. The van der Waals surface area contributed by atoms with E-state index in [0.717, 1.165) is 25.1 Å². The molecule has 1 heterocycles. The van der Waals surface area contributed by atoms with Crippen LogP contribution in [0.4, 0.5) is 8.78 Å². The van der Waals surface area contributed by atoms with Crippen LogP contribution in [0.1, 0.15) is 17.9 Å². The molecule has 1 N–H and O–H groups in total. The number of halogens is 2. The Balaban J connectivity index is 2.25. The molecule has 1 aliphatic rings. The summed E-state index contributed by atoms with van der Waals surface area (Å²) in [5.41, 5.74) is 0.893. The van der Waals surface area contributed by atoms with Crippen molar-refractivity contribution in [2.24, 2.45) is 0 Å². The molecule has 13 heavy (non-hydrogen) atoms. The zero-order chi connectivity index (χ0) is 9.26. The highest BCUT2D eigenvalue weighted by molar-refractivity contribution is 5.23. The first-order chi connectivity index (χ1) is 6.27. The van der Waals surface area contributed by atoms with Gasteiger partial charge in [0.15, 0.2) is 11.6 Å². The maximum absolute atomic E-state index is 12.8.